The third-order valence-corrected chi connectivity index (χ3v) is 4.63. The van der Waals surface area contributed by atoms with Gasteiger partial charge in [0.1, 0.15) is 0 Å². The molecule has 0 saturated carbocycles. The lowest BCUT2D eigenvalue weighted by Gasteiger charge is -2.32. The molecule has 3 heterocycles. The number of carbonyl (C=O) groups is 1. The zero-order valence-corrected chi connectivity index (χ0v) is 15.0. The summed E-state index contributed by atoms with van der Waals surface area (Å²) in [6.45, 7) is 4.48. The second-order valence-electron chi connectivity index (χ2n) is 6.03. The van der Waals surface area contributed by atoms with Crippen LogP contribution in [0.4, 0.5) is 0 Å². The summed E-state index contributed by atoms with van der Waals surface area (Å²) in [6, 6.07) is 4.15. The zero-order chi connectivity index (χ0) is 14.7. The molecule has 0 radical (unpaired) electrons. The number of nitrogens with two attached hydrogens (primary N) is 1. The SMILES string of the molecule is Cl.Cl.NCc1cc(C(=O)N2CCC(N3CCCCC3)C2)ccn1. The van der Waals surface area contributed by atoms with Crippen LogP contribution in [0.25, 0.3) is 0 Å². The Bertz CT molecular complexity index is 509. The van der Waals surface area contributed by atoms with Crippen LogP contribution in [0.1, 0.15) is 41.7 Å². The quantitative estimate of drug-likeness (QED) is 0.896. The van der Waals surface area contributed by atoms with E-state index < -0.39 is 0 Å². The standard InChI is InChI=1S/C16H24N4O.2ClH/c17-11-14-10-13(4-6-18-14)16(21)20-9-5-15(12-20)19-7-2-1-3-8-19;;/h4,6,10,15H,1-3,5,7-9,11-12,17H2;2*1H. The fourth-order valence-corrected chi connectivity index (χ4v) is 3.41. The molecule has 0 aromatic carbocycles. The molecule has 23 heavy (non-hydrogen) atoms. The van der Waals surface area contributed by atoms with E-state index >= 15 is 0 Å². The number of carbonyl (C=O) groups excluding carboxylic acids is 1. The number of aromatic nitrogens is 1. The van der Waals surface area contributed by atoms with Crippen molar-refractivity contribution >= 4 is 30.7 Å². The maximum Gasteiger partial charge on any atom is 0.254 e. The van der Waals surface area contributed by atoms with Gasteiger partial charge in [0.2, 0.25) is 0 Å². The van der Waals surface area contributed by atoms with Gasteiger partial charge < -0.3 is 10.6 Å². The molecule has 2 saturated heterocycles. The van der Waals surface area contributed by atoms with Gasteiger partial charge in [-0.3, -0.25) is 14.7 Å². The molecule has 2 fully saturated rings. The number of pyridine rings is 1. The molecule has 1 amide bonds. The molecule has 7 heteroatoms. The van der Waals surface area contributed by atoms with E-state index in [-0.39, 0.29) is 30.7 Å². The van der Waals surface area contributed by atoms with Gasteiger partial charge in [-0.05, 0) is 44.5 Å². The second kappa shape index (κ2) is 9.42. The Morgan fingerprint density at radius 1 is 1.22 bits per heavy atom. The highest BCUT2D eigenvalue weighted by Gasteiger charge is 2.31. The minimum Gasteiger partial charge on any atom is -0.337 e. The van der Waals surface area contributed by atoms with Crippen molar-refractivity contribution in [3.8, 4) is 0 Å². The Labute approximate surface area is 150 Å². The van der Waals surface area contributed by atoms with E-state index in [1.54, 1.807) is 12.3 Å². The Hall–Kier alpha value is -0.880. The average molecular weight is 361 g/mol. The lowest BCUT2D eigenvalue weighted by molar-refractivity contribution is 0.0771. The first-order valence-corrected chi connectivity index (χ1v) is 7.96. The van der Waals surface area contributed by atoms with Crippen LogP contribution < -0.4 is 5.73 Å². The van der Waals surface area contributed by atoms with Gasteiger partial charge in [0.15, 0.2) is 0 Å². The molecule has 0 aliphatic carbocycles. The highest BCUT2D eigenvalue weighted by atomic mass is 35.5. The summed E-state index contributed by atoms with van der Waals surface area (Å²) >= 11 is 0. The number of hydrogen-bond donors (Lipinski definition) is 1. The highest BCUT2D eigenvalue weighted by Crippen LogP contribution is 2.21. The number of hydrogen-bond acceptors (Lipinski definition) is 4. The normalized spacial score (nSPS) is 21.4. The topological polar surface area (TPSA) is 62.5 Å². The summed E-state index contributed by atoms with van der Waals surface area (Å²) in [5.41, 5.74) is 7.08. The van der Waals surface area contributed by atoms with E-state index in [1.165, 1.54) is 32.4 Å². The molecule has 3 rings (SSSR count). The summed E-state index contributed by atoms with van der Waals surface area (Å²) in [5, 5.41) is 0. The van der Waals surface area contributed by atoms with E-state index in [9.17, 15) is 4.79 Å². The molecule has 0 spiro atoms. The van der Waals surface area contributed by atoms with Crippen LogP contribution in [0.15, 0.2) is 18.3 Å². The Morgan fingerprint density at radius 3 is 2.65 bits per heavy atom. The number of piperidine rings is 1. The molecule has 2 N–H and O–H groups in total. The first-order valence-electron chi connectivity index (χ1n) is 7.96. The van der Waals surface area contributed by atoms with Crippen LogP contribution in [0.3, 0.4) is 0 Å². The van der Waals surface area contributed by atoms with Gasteiger partial charge in [0, 0.05) is 37.4 Å². The Balaban J connectivity index is 0.00000132. The van der Waals surface area contributed by atoms with Crippen LogP contribution in [0.2, 0.25) is 0 Å². The van der Waals surface area contributed by atoms with Gasteiger partial charge in [-0.15, -0.1) is 24.8 Å². The maximum atomic E-state index is 12.6. The molecule has 1 unspecified atom stereocenters. The summed E-state index contributed by atoms with van der Waals surface area (Å²) < 4.78 is 0. The smallest absolute Gasteiger partial charge is 0.254 e. The molecule has 1 atom stereocenters. The molecule has 2 aliphatic rings. The minimum absolute atomic E-state index is 0. The van der Waals surface area contributed by atoms with Crippen molar-refractivity contribution in [3.63, 3.8) is 0 Å². The van der Waals surface area contributed by atoms with Gasteiger partial charge in [0.05, 0.1) is 5.69 Å². The number of likely N-dealkylation sites (tertiary alicyclic amines) is 2. The molecule has 2 aliphatic heterocycles. The first kappa shape index (κ1) is 20.2. The molecule has 1 aromatic rings. The number of halogens is 2. The fourth-order valence-electron chi connectivity index (χ4n) is 3.41. The van der Waals surface area contributed by atoms with Crippen molar-refractivity contribution in [2.45, 2.75) is 38.3 Å². The number of rotatable bonds is 3. The largest absolute Gasteiger partial charge is 0.337 e. The van der Waals surface area contributed by atoms with E-state index in [0.29, 0.717) is 18.2 Å². The molecular formula is C16H26Cl2N4O. The summed E-state index contributed by atoms with van der Waals surface area (Å²) in [7, 11) is 0. The van der Waals surface area contributed by atoms with Gasteiger partial charge in [-0.25, -0.2) is 0 Å². The van der Waals surface area contributed by atoms with Gasteiger partial charge in [-0.1, -0.05) is 6.42 Å². The Morgan fingerprint density at radius 2 is 1.96 bits per heavy atom. The average Bonchev–Trinajstić information content (AvgIpc) is 3.05. The molecule has 0 bridgehead atoms. The van der Waals surface area contributed by atoms with Crippen molar-refractivity contribution in [1.82, 2.24) is 14.8 Å². The van der Waals surface area contributed by atoms with E-state index in [0.717, 1.165) is 25.2 Å². The lowest BCUT2D eigenvalue weighted by Crippen LogP contribution is -2.41. The molecular weight excluding hydrogens is 335 g/mol. The predicted octanol–water partition coefficient (Wildman–Crippen LogP) is 2.08. The Kier molecular flexibility index (Phi) is 8.26. The zero-order valence-electron chi connectivity index (χ0n) is 13.3. The number of amides is 1. The third-order valence-electron chi connectivity index (χ3n) is 4.63. The van der Waals surface area contributed by atoms with Crippen molar-refractivity contribution in [2.75, 3.05) is 26.2 Å². The van der Waals surface area contributed by atoms with Crippen LogP contribution in [-0.4, -0.2) is 52.9 Å². The minimum atomic E-state index is 0. The van der Waals surface area contributed by atoms with Crippen LogP contribution in [0.5, 0.6) is 0 Å². The van der Waals surface area contributed by atoms with Crippen LogP contribution >= 0.6 is 24.8 Å². The van der Waals surface area contributed by atoms with Crippen molar-refractivity contribution in [2.24, 2.45) is 5.73 Å². The highest BCUT2D eigenvalue weighted by molar-refractivity contribution is 5.94. The number of nitrogens with zero attached hydrogens (tertiary/aromatic N) is 3. The first-order chi connectivity index (χ1) is 10.3. The summed E-state index contributed by atoms with van der Waals surface area (Å²) in [6.07, 6.45) is 6.72. The van der Waals surface area contributed by atoms with E-state index in [4.69, 9.17) is 5.73 Å². The lowest BCUT2D eigenvalue weighted by atomic mass is 10.1. The van der Waals surface area contributed by atoms with E-state index in [2.05, 4.69) is 9.88 Å². The van der Waals surface area contributed by atoms with Gasteiger partial charge >= 0.3 is 0 Å². The molecule has 1 aromatic heterocycles. The van der Waals surface area contributed by atoms with E-state index in [1.807, 2.05) is 11.0 Å². The van der Waals surface area contributed by atoms with Crippen molar-refractivity contribution in [1.29, 1.82) is 0 Å². The maximum absolute atomic E-state index is 12.6. The van der Waals surface area contributed by atoms with Gasteiger partial charge in [0.25, 0.3) is 5.91 Å². The molecule has 5 nitrogen and oxygen atoms in total. The fraction of sp³-hybridized carbons (Fsp3) is 0.625. The summed E-state index contributed by atoms with van der Waals surface area (Å²) in [4.78, 5) is 21.3. The van der Waals surface area contributed by atoms with Crippen LogP contribution in [0, 0.1) is 0 Å². The van der Waals surface area contributed by atoms with Crippen LogP contribution in [-0.2, 0) is 6.54 Å². The van der Waals surface area contributed by atoms with Gasteiger partial charge in [-0.2, -0.15) is 0 Å². The third kappa shape index (κ3) is 4.80. The molecule has 130 valence electrons. The van der Waals surface area contributed by atoms with Crippen molar-refractivity contribution in [3.05, 3.63) is 29.6 Å². The van der Waals surface area contributed by atoms with Crippen molar-refractivity contribution < 1.29 is 4.79 Å². The summed E-state index contributed by atoms with van der Waals surface area (Å²) in [5.74, 6) is 0.117. The second-order valence-corrected chi connectivity index (χ2v) is 6.03. The monoisotopic (exact) mass is 360 g/mol. The predicted molar refractivity (Wildman–Crippen MR) is 96.4 cm³/mol.